The molecule has 1 saturated heterocycles. The van der Waals surface area contributed by atoms with E-state index in [9.17, 15) is 31.5 Å². The Kier molecular flexibility index (Phi) is 4.94. The van der Waals surface area contributed by atoms with Gasteiger partial charge in [0.1, 0.15) is 12.1 Å². The zero-order chi connectivity index (χ0) is 23.3. The van der Waals surface area contributed by atoms with Gasteiger partial charge in [-0.05, 0) is 36.8 Å². The fourth-order valence-corrected chi connectivity index (χ4v) is 3.25. The van der Waals surface area contributed by atoms with E-state index >= 15 is 0 Å². The molecule has 12 heteroatoms. The average molecular weight is 452 g/mol. The van der Waals surface area contributed by atoms with Crippen LogP contribution in [0.4, 0.5) is 26.7 Å². The van der Waals surface area contributed by atoms with Crippen LogP contribution in [0.2, 0.25) is 0 Å². The van der Waals surface area contributed by atoms with E-state index in [1.54, 1.807) is 0 Å². The normalized spacial score (nSPS) is 18.9. The number of halogens is 5. The first kappa shape index (κ1) is 21.4. The summed E-state index contributed by atoms with van der Waals surface area (Å²) in [6.45, 7) is 0.845. The summed E-state index contributed by atoms with van der Waals surface area (Å²) in [5.74, 6) is -3.46. The quantitative estimate of drug-likeness (QED) is 0.478. The van der Waals surface area contributed by atoms with Gasteiger partial charge in [-0.15, -0.1) is 0 Å². The maximum absolute atomic E-state index is 13.6. The molecule has 2 heterocycles. The van der Waals surface area contributed by atoms with Crippen molar-refractivity contribution < 1.29 is 36.1 Å². The summed E-state index contributed by atoms with van der Waals surface area (Å²) < 4.78 is 70.6. The van der Waals surface area contributed by atoms with E-state index in [2.05, 4.69) is 15.5 Å². The van der Waals surface area contributed by atoms with E-state index in [0.717, 1.165) is 29.2 Å². The van der Waals surface area contributed by atoms with Crippen LogP contribution in [0, 0.1) is 11.6 Å². The standard InChI is InChI=1S/C20H13F5N4O3/c1-19(11-5-6-13(21)14(22)8-11)17(30)29(18(31)27-19)9-15-26-16(28-32-15)10-3-2-4-12(7-10)20(23,24)25/h2-8H,9H2,1H3,(H,27,31). The Hall–Kier alpha value is -3.83. The fraction of sp³-hybridized carbons (Fsp3) is 0.200. The summed E-state index contributed by atoms with van der Waals surface area (Å²) >= 11 is 0. The number of nitrogens with one attached hydrogen (secondary N) is 1. The lowest BCUT2D eigenvalue weighted by Crippen LogP contribution is -2.41. The molecule has 3 amide bonds. The Morgan fingerprint density at radius 1 is 1.09 bits per heavy atom. The number of hydrogen-bond acceptors (Lipinski definition) is 5. The van der Waals surface area contributed by atoms with Crippen molar-refractivity contribution in [2.45, 2.75) is 25.2 Å². The highest BCUT2D eigenvalue weighted by Crippen LogP contribution is 2.32. The minimum absolute atomic E-state index is 0.0208. The van der Waals surface area contributed by atoms with Gasteiger partial charge in [-0.3, -0.25) is 9.69 Å². The first-order valence-electron chi connectivity index (χ1n) is 9.09. The summed E-state index contributed by atoms with van der Waals surface area (Å²) in [5, 5.41) is 6.01. The molecule has 166 valence electrons. The highest BCUT2D eigenvalue weighted by Gasteiger charge is 2.49. The van der Waals surface area contributed by atoms with Crippen LogP contribution in [0.25, 0.3) is 11.4 Å². The fourth-order valence-electron chi connectivity index (χ4n) is 3.25. The van der Waals surface area contributed by atoms with Crippen LogP contribution in [0.3, 0.4) is 0 Å². The first-order chi connectivity index (χ1) is 15.0. The Morgan fingerprint density at radius 2 is 1.84 bits per heavy atom. The van der Waals surface area contributed by atoms with E-state index in [-0.39, 0.29) is 22.8 Å². The highest BCUT2D eigenvalue weighted by molar-refractivity contribution is 6.07. The summed E-state index contributed by atoms with van der Waals surface area (Å²) in [7, 11) is 0. The SMILES string of the molecule is CC1(c2ccc(F)c(F)c2)NC(=O)N(Cc2nc(-c3cccc(C(F)(F)F)c3)no2)C1=O. The van der Waals surface area contributed by atoms with Crippen LogP contribution in [0.15, 0.2) is 47.0 Å². The van der Waals surface area contributed by atoms with Gasteiger partial charge in [-0.2, -0.15) is 18.2 Å². The third-order valence-electron chi connectivity index (χ3n) is 4.98. The molecule has 0 bridgehead atoms. The number of rotatable bonds is 4. The van der Waals surface area contributed by atoms with E-state index in [1.165, 1.54) is 25.1 Å². The molecule has 0 spiro atoms. The second-order valence-electron chi connectivity index (χ2n) is 7.17. The number of carbonyl (C=O) groups excluding carboxylic acids is 2. The van der Waals surface area contributed by atoms with Gasteiger partial charge in [-0.25, -0.2) is 13.6 Å². The Morgan fingerprint density at radius 3 is 2.53 bits per heavy atom. The second kappa shape index (κ2) is 7.39. The number of benzene rings is 2. The summed E-state index contributed by atoms with van der Waals surface area (Å²) in [6, 6.07) is 6.20. The predicted octanol–water partition coefficient (Wildman–Crippen LogP) is 4.00. The molecule has 1 fully saturated rings. The number of amides is 3. The Labute approximate surface area is 176 Å². The Bertz CT molecular complexity index is 1230. The van der Waals surface area contributed by atoms with Crippen LogP contribution in [-0.4, -0.2) is 27.0 Å². The van der Waals surface area contributed by atoms with Crippen molar-refractivity contribution in [3.05, 3.63) is 71.1 Å². The number of alkyl halides is 3. The largest absolute Gasteiger partial charge is 0.416 e. The van der Waals surface area contributed by atoms with E-state index in [0.29, 0.717) is 0 Å². The van der Waals surface area contributed by atoms with Crippen LogP contribution >= 0.6 is 0 Å². The van der Waals surface area contributed by atoms with Crippen LogP contribution in [0.5, 0.6) is 0 Å². The van der Waals surface area contributed by atoms with Crippen molar-refractivity contribution in [1.29, 1.82) is 0 Å². The summed E-state index contributed by atoms with van der Waals surface area (Å²) in [4.78, 5) is 29.9. The van der Waals surface area contributed by atoms with Gasteiger partial charge in [0, 0.05) is 5.56 Å². The lowest BCUT2D eigenvalue weighted by Gasteiger charge is -2.22. The molecule has 0 saturated carbocycles. The molecular formula is C20H13F5N4O3. The Balaban J connectivity index is 1.57. The van der Waals surface area contributed by atoms with Gasteiger partial charge >= 0.3 is 12.2 Å². The number of nitrogens with zero attached hydrogens (tertiary/aromatic N) is 3. The molecule has 0 aliphatic carbocycles. The first-order valence-corrected chi connectivity index (χ1v) is 9.09. The van der Waals surface area contributed by atoms with Crippen molar-refractivity contribution in [2.24, 2.45) is 0 Å². The van der Waals surface area contributed by atoms with Crippen molar-refractivity contribution in [3.8, 4) is 11.4 Å². The molecule has 3 aromatic rings. The smallest absolute Gasteiger partial charge is 0.337 e. The molecule has 1 atom stereocenters. The van der Waals surface area contributed by atoms with E-state index < -0.39 is 47.4 Å². The summed E-state index contributed by atoms with van der Waals surface area (Å²) in [5.41, 5.74) is -2.53. The zero-order valence-electron chi connectivity index (χ0n) is 16.2. The molecule has 32 heavy (non-hydrogen) atoms. The number of aromatic nitrogens is 2. The molecule has 4 rings (SSSR count). The van der Waals surface area contributed by atoms with Crippen molar-refractivity contribution in [2.75, 3.05) is 0 Å². The maximum atomic E-state index is 13.6. The lowest BCUT2D eigenvalue weighted by atomic mass is 9.92. The predicted molar refractivity (Wildman–Crippen MR) is 97.5 cm³/mol. The van der Waals surface area contributed by atoms with Gasteiger partial charge in [0.05, 0.1) is 5.56 Å². The molecule has 1 N–H and O–H groups in total. The van der Waals surface area contributed by atoms with Crippen LogP contribution in [-0.2, 0) is 23.1 Å². The third kappa shape index (κ3) is 3.67. The van der Waals surface area contributed by atoms with Crippen molar-refractivity contribution in [1.82, 2.24) is 20.4 Å². The van der Waals surface area contributed by atoms with Gasteiger partial charge < -0.3 is 9.84 Å². The van der Waals surface area contributed by atoms with E-state index in [1.807, 2.05) is 0 Å². The highest BCUT2D eigenvalue weighted by atomic mass is 19.4. The van der Waals surface area contributed by atoms with Crippen molar-refractivity contribution in [3.63, 3.8) is 0 Å². The molecule has 0 radical (unpaired) electrons. The molecule has 1 aliphatic heterocycles. The van der Waals surface area contributed by atoms with E-state index in [4.69, 9.17) is 4.52 Å². The summed E-state index contributed by atoms with van der Waals surface area (Å²) in [6.07, 6.45) is -4.56. The van der Waals surface area contributed by atoms with Crippen LogP contribution in [0.1, 0.15) is 23.9 Å². The van der Waals surface area contributed by atoms with Crippen LogP contribution < -0.4 is 5.32 Å². The maximum Gasteiger partial charge on any atom is 0.416 e. The number of hydrogen-bond donors (Lipinski definition) is 1. The topological polar surface area (TPSA) is 88.3 Å². The molecule has 2 aromatic carbocycles. The van der Waals surface area contributed by atoms with Gasteiger partial charge in [0.25, 0.3) is 5.91 Å². The average Bonchev–Trinajstić information content (AvgIpc) is 3.29. The van der Waals surface area contributed by atoms with Gasteiger partial charge in [0.2, 0.25) is 11.7 Å². The number of imide groups is 1. The van der Waals surface area contributed by atoms with Gasteiger partial charge in [0.15, 0.2) is 11.6 Å². The molecule has 1 aliphatic rings. The molecule has 1 unspecified atom stereocenters. The lowest BCUT2D eigenvalue weighted by molar-refractivity contribution is -0.137. The molecule has 7 nitrogen and oxygen atoms in total. The molecule has 1 aromatic heterocycles. The molecular weight excluding hydrogens is 439 g/mol. The van der Waals surface area contributed by atoms with Gasteiger partial charge in [-0.1, -0.05) is 23.4 Å². The third-order valence-corrected chi connectivity index (χ3v) is 4.98. The number of urea groups is 1. The second-order valence-corrected chi connectivity index (χ2v) is 7.17. The number of carbonyl (C=O) groups is 2. The minimum atomic E-state index is -4.56. The monoisotopic (exact) mass is 452 g/mol. The van der Waals surface area contributed by atoms with Crippen molar-refractivity contribution >= 4 is 11.9 Å². The zero-order valence-corrected chi connectivity index (χ0v) is 16.2. The minimum Gasteiger partial charge on any atom is -0.337 e.